The molecule has 1 saturated heterocycles. The fourth-order valence-corrected chi connectivity index (χ4v) is 3.46. The summed E-state index contributed by atoms with van der Waals surface area (Å²) in [6.07, 6.45) is 1.51. The Hall–Kier alpha value is -2.14. The molecule has 1 amide bonds. The molecule has 1 aromatic carbocycles. The van der Waals surface area contributed by atoms with Crippen LogP contribution in [0.4, 0.5) is 4.39 Å². The van der Waals surface area contributed by atoms with Crippen LogP contribution in [-0.2, 0) is 13.1 Å². The summed E-state index contributed by atoms with van der Waals surface area (Å²) in [5.41, 5.74) is 1.64. The van der Waals surface area contributed by atoms with Gasteiger partial charge in [0.25, 0.3) is 5.91 Å². The third-order valence-electron chi connectivity index (χ3n) is 4.94. The zero-order valence-corrected chi connectivity index (χ0v) is 20.6. The van der Waals surface area contributed by atoms with E-state index in [1.54, 1.807) is 23.1 Å². The van der Waals surface area contributed by atoms with Crippen LogP contribution in [0.3, 0.4) is 0 Å². The van der Waals surface area contributed by atoms with E-state index in [4.69, 9.17) is 9.41 Å². The number of hydrogen-bond acceptors (Lipinski definition) is 4. The van der Waals surface area contributed by atoms with E-state index in [1.807, 2.05) is 32.0 Å². The number of nitrogens with one attached hydrogen (secondary N) is 1. The molecule has 1 fully saturated rings. The van der Waals surface area contributed by atoms with Crippen molar-refractivity contribution in [3.8, 4) is 0 Å². The van der Waals surface area contributed by atoms with Gasteiger partial charge in [-0.15, -0.1) is 24.0 Å². The van der Waals surface area contributed by atoms with E-state index in [1.165, 1.54) is 12.3 Å². The van der Waals surface area contributed by atoms with Gasteiger partial charge >= 0.3 is 0 Å². The zero-order valence-electron chi connectivity index (χ0n) is 18.3. The lowest BCUT2D eigenvalue weighted by atomic mass is 10.1. The third kappa shape index (κ3) is 6.93. The Balaban J connectivity index is 0.00000341. The smallest absolute Gasteiger partial charge is 0.289 e. The van der Waals surface area contributed by atoms with Gasteiger partial charge in [-0.25, -0.2) is 9.38 Å². The second-order valence-electron chi connectivity index (χ2n) is 7.59. The molecular weight excluding hydrogens is 512 g/mol. The summed E-state index contributed by atoms with van der Waals surface area (Å²) in [5.74, 6) is 0.900. The molecule has 31 heavy (non-hydrogen) atoms. The van der Waals surface area contributed by atoms with Crippen molar-refractivity contribution in [2.24, 2.45) is 4.99 Å². The molecule has 2 heterocycles. The quantitative estimate of drug-likeness (QED) is 0.345. The third-order valence-corrected chi connectivity index (χ3v) is 4.94. The largest absolute Gasteiger partial charge is 0.459 e. The molecule has 0 unspecified atom stereocenters. The molecule has 0 radical (unpaired) electrons. The molecule has 0 atom stereocenters. The van der Waals surface area contributed by atoms with Crippen LogP contribution in [0.5, 0.6) is 0 Å². The van der Waals surface area contributed by atoms with Crippen LogP contribution in [0, 0.1) is 5.82 Å². The highest BCUT2D eigenvalue weighted by Crippen LogP contribution is 2.14. The van der Waals surface area contributed by atoms with Crippen molar-refractivity contribution in [3.63, 3.8) is 0 Å². The van der Waals surface area contributed by atoms with Crippen LogP contribution in [0.2, 0.25) is 0 Å². The lowest BCUT2D eigenvalue weighted by Gasteiger charge is -2.36. The van der Waals surface area contributed by atoms with Gasteiger partial charge in [0.2, 0.25) is 0 Å². The summed E-state index contributed by atoms with van der Waals surface area (Å²) < 4.78 is 19.2. The fraction of sp³-hybridized carbons (Fsp3) is 0.455. The zero-order chi connectivity index (χ0) is 21.5. The first-order chi connectivity index (χ1) is 14.5. The number of carbonyl (C=O) groups is 1. The molecule has 9 heteroatoms. The van der Waals surface area contributed by atoms with Gasteiger partial charge < -0.3 is 24.4 Å². The highest BCUT2D eigenvalue weighted by atomic mass is 127. The van der Waals surface area contributed by atoms with Crippen molar-refractivity contribution in [1.82, 2.24) is 20.0 Å². The van der Waals surface area contributed by atoms with Crippen LogP contribution in [-0.4, -0.2) is 73.4 Å². The predicted octanol–water partition coefficient (Wildman–Crippen LogP) is 3.02. The van der Waals surface area contributed by atoms with Crippen molar-refractivity contribution in [2.45, 2.75) is 20.0 Å². The normalized spacial score (nSPS) is 14.5. The number of guanidine groups is 1. The molecule has 0 bridgehead atoms. The van der Waals surface area contributed by atoms with Crippen molar-refractivity contribution in [1.29, 1.82) is 0 Å². The molecule has 0 aliphatic carbocycles. The fourth-order valence-electron chi connectivity index (χ4n) is 3.46. The summed E-state index contributed by atoms with van der Waals surface area (Å²) in [7, 11) is 3.84. The van der Waals surface area contributed by atoms with E-state index < -0.39 is 0 Å². The number of nitrogens with zero attached hydrogens (tertiary/aromatic N) is 4. The Bertz CT molecular complexity index is 865. The van der Waals surface area contributed by atoms with Gasteiger partial charge in [-0.2, -0.15) is 0 Å². The van der Waals surface area contributed by atoms with Gasteiger partial charge in [0, 0.05) is 44.8 Å². The SMILES string of the molecule is CCNC(=NCc1ccc(F)c(CN(C)C)c1)N1CCN(C(=O)c2ccco2)CC1.I. The number of amides is 1. The minimum absolute atomic E-state index is 0. The topological polar surface area (TPSA) is 64.3 Å². The molecule has 3 rings (SSSR count). The lowest BCUT2D eigenvalue weighted by molar-refractivity contribution is 0.0657. The minimum atomic E-state index is -0.194. The van der Waals surface area contributed by atoms with Gasteiger partial charge in [-0.3, -0.25) is 4.79 Å². The maximum atomic E-state index is 14.0. The number of carbonyl (C=O) groups excluding carboxylic acids is 1. The highest BCUT2D eigenvalue weighted by molar-refractivity contribution is 14.0. The standard InChI is InChI=1S/C22H30FN5O2.HI/c1-4-24-22(25-15-17-7-8-19(23)18(14-17)16-26(2)3)28-11-9-27(10-12-28)21(29)20-6-5-13-30-20;/h5-8,13-14H,4,9-12,15-16H2,1-3H3,(H,24,25);1H. The molecule has 1 N–H and O–H groups in total. The summed E-state index contributed by atoms with van der Waals surface area (Å²) in [6.45, 7) is 6.38. The number of benzene rings is 1. The van der Waals surface area contributed by atoms with Gasteiger partial charge in [0.1, 0.15) is 5.82 Å². The summed E-state index contributed by atoms with van der Waals surface area (Å²) >= 11 is 0. The molecule has 2 aromatic rings. The monoisotopic (exact) mass is 543 g/mol. The number of hydrogen-bond donors (Lipinski definition) is 1. The number of piperazine rings is 1. The molecule has 0 saturated carbocycles. The first-order valence-corrected chi connectivity index (χ1v) is 10.3. The van der Waals surface area contributed by atoms with Crippen molar-refractivity contribution < 1.29 is 13.6 Å². The summed E-state index contributed by atoms with van der Waals surface area (Å²) in [6, 6.07) is 8.58. The molecular formula is C22H31FIN5O2. The van der Waals surface area contributed by atoms with Crippen LogP contribution in [0.25, 0.3) is 0 Å². The van der Waals surface area contributed by atoms with Crippen LogP contribution in [0.15, 0.2) is 46.0 Å². The number of halogens is 2. The average Bonchev–Trinajstić information content (AvgIpc) is 3.27. The maximum absolute atomic E-state index is 14.0. The van der Waals surface area contributed by atoms with Crippen LogP contribution >= 0.6 is 24.0 Å². The van der Waals surface area contributed by atoms with Crippen LogP contribution in [0.1, 0.15) is 28.6 Å². The molecule has 1 aliphatic heterocycles. The van der Waals surface area contributed by atoms with E-state index in [9.17, 15) is 9.18 Å². The summed E-state index contributed by atoms with van der Waals surface area (Å²) in [5, 5.41) is 3.32. The first-order valence-electron chi connectivity index (χ1n) is 10.3. The van der Waals surface area contributed by atoms with Crippen molar-refractivity contribution in [3.05, 3.63) is 59.3 Å². The van der Waals surface area contributed by atoms with E-state index in [-0.39, 0.29) is 35.7 Å². The van der Waals surface area contributed by atoms with Crippen LogP contribution < -0.4 is 5.32 Å². The Kier molecular flexibility index (Phi) is 9.76. The highest BCUT2D eigenvalue weighted by Gasteiger charge is 2.25. The molecule has 1 aromatic heterocycles. The van der Waals surface area contributed by atoms with Crippen molar-refractivity contribution in [2.75, 3.05) is 46.8 Å². The maximum Gasteiger partial charge on any atom is 0.289 e. The minimum Gasteiger partial charge on any atom is -0.459 e. The Morgan fingerprint density at radius 2 is 1.90 bits per heavy atom. The van der Waals surface area contributed by atoms with E-state index in [2.05, 4.69) is 10.2 Å². The van der Waals surface area contributed by atoms with Gasteiger partial charge in [-0.05, 0) is 50.8 Å². The second kappa shape index (κ2) is 12.0. The van der Waals surface area contributed by atoms with Crippen molar-refractivity contribution >= 4 is 35.8 Å². The molecule has 170 valence electrons. The number of rotatable bonds is 6. The average molecular weight is 543 g/mol. The Morgan fingerprint density at radius 1 is 1.19 bits per heavy atom. The van der Waals surface area contributed by atoms with E-state index >= 15 is 0 Å². The van der Waals surface area contributed by atoms with Gasteiger partial charge in [-0.1, -0.05) is 6.07 Å². The van der Waals surface area contributed by atoms with Gasteiger partial charge in [0.15, 0.2) is 11.7 Å². The Labute approximate surface area is 200 Å². The predicted molar refractivity (Wildman–Crippen MR) is 130 cm³/mol. The molecule has 1 aliphatic rings. The second-order valence-corrected chi connectivity index (χ2v) is 7.59. The summed E-state index contributed by atoms with van der Waals surface area (Å²) in [4.78, 5) is 23.1. The lowest BCUT2D eigenvalue weighted by Crippen LogP contribution is -2.53. The van der Waals surface area contributed by atoms with E-state index in [0.717, 1.165) is 18.1 Å². The molecule has 7 nitrogen and oxygen atoms in total. The number of aliphatic imine (C=N–C) groups is 1. The Morgan fingerprint density at radius 3 is 2.52 bits per heavy atom. The van der Waals surface area contributed by atoms with Gasteiger partial charge in [0.05, 0.1) is 12.8 Å². The number of furan rings is 1. The molecule has 0 spiro atoms. The van der Waals surface area contributed by atoms with E-state index in [0.29, 0.717) is 50.6 Å². The first kappa shape index (κ1) is 25.1.